The minimum Gasteiger partial charge on any atom is -0.493 e. The largest absolute Gasteiger partial charge is 0.493 e. The van der Waals surface area contributed by atoms with Gasteiger partial charge in [0, 0.05) is 11.3 Å². The second kappa shape index (κ2) is 8.11. The molecule has 25 heavy (non-hydrogen) atoms. The van der Waals surface area contributed by atoms with Gasteiger partial charge in [-0.15, -0.1) is 6.42 Å². The lowest BCUT2D eigenvalue weighted by Crippen LogP contribution is -2.45. The van der Waals surface area contributed by atoms with Crippen LogP contribution in [0.25, 0.3) is 0 Å². The lowest BCUT2D eigenvalue weighted by atomic mass is 9.94. The summed E-state index contributed by atoms with van der Waals surface area (Å²) in [4.78, 5) is 24.4. The van der Waals surface area contributed by atoms with E-state index in [0.717, 1.165) is 0 Å². The summed E-state index contributed by atoms with van der Waals surface area (Å²) in [5.41, 5.74) is 1.25. The molecule has 1 aromatic rings. The van der Waals surface area contributed by atoms with Crippen LogP contribution in [0, 0.1) is 12.3 Å². The van der Waals surface area contributed by atoms with E-state index in [-0.39, 0.29) is 13.2 Å². The molecule has 132 valence electrons. The Balaban J connectivity index is 2.57. The van der Waals surface area contributed by atoms with Crippen molar-refractivity contribution in [1.82, 2.24) is 10.6 Å². The number of methoxy groups -OCH3 is 1. The Morgan fingerprint density at radius 3 is 2.80 bits per heavy atom. The number of esters is 1. The minimum absolute atomic E-state index is 0.0176. The molecular formula is C18H20N2O5. The maximum atomic E-state index is 12.4. The molecule has 7 heteroatoms. The Morgan fingerprint density at radius 2 is 2.16 bits per heavy atom. The summed E-state index contributed by atoms with van der Waals surface area (Å²) in [6, 6.07) is 4.00. The molecule has 0 bridgehead atoms. The fourth-order valence-corrected chi connectivity index (χ4v) is 2.60. The summed E-state index contributed by atoms with van der Waals surface area (Å²) in [5, 5.41) is 5.31. The first-order valence-corrected chi connectivity index (χ1v) is 7.72. The van der Waals surface area contributed by atoms with E-state index in [1.807, 2.05) is 0 Å². The molecule has 1 aromatic carbocycles. The van der Waals surface area contributed by atoms with Crippen LogP contribution in [0.4, 0.5) is 4.79 Å². The van der Waals surface area contributed by atoms with E-state index in [2.05, 4.69) is 16.6 Å². The normalized spacial score (nSPS) is 16.4. The fourth-order valence-electron chi connectivity index (χ4n) is 2.60. The van der Waals surface area contributed by atoms with Gasteiger partial charge < -0.3 is 24.8 Å². The molecule has 0 radical (unpaired) electrons. The zero-order chi connectivity index (χ0) is 18.4. The molecule has 0 spiro atoms. The van der Waals surface area contributed by atoms with E-state index in [1.165, 1.54) is 7.11 Å². The molecule has 0 saturated carbocycles. The van der Waals surface area contributed by atoms with Gasteiger partial charge in [-0.1, -0.05) is 18.1 Å². The number of benzene rings is 1. The van der Waals surface area contributed by atoms with E-state index in [9.17, 15) is 9.59 Å². The van der Waals surface area contributed by atoms with Crippen LogP contribution < -0.4 is 20.1 Å². The molecule has 1 heterocycles. The number of para-hydroxylation sites is 1. The monoisotopic (exact) mass is 344 g/mol. The third-order valence-corrected chi connectivity index (χ3v) is 3.60. The Hall–Kier alpha value is -3.14. The molecule has 1 aliphatic heterocycles. The second-order valence-corrected chi connectivity index (χ2v) is 5.16. The standard InChI is InChI=1S/C18H20N2O5/c1-5-10-25-16-12(8-7-9-13(16)23-4)15-14(17(21)24-6-2)11(3)19-18(22)20-15/h1,7-9,15H,6,10H2,2-4H3,(H2,19,20,22). The van der Waals surface area contributed by atoms with Crippen LogP contribution in [0.5, 0.6) is 11.5 Å². The third-order valence-electron chi connectivity index (χ3n) is 3.60. The first-order chi connectivity index (χ1) is 12.0. The number of nitrogens with one attached hydrogen (secondary N) is 2. The molecule has 2 rings (SSSR count). The van der Waals surface area contributed by atoms with E-state index < -0.39 is 18.0 Å². The topological polar surface area (TPSA) is 85.9 Å². The number of urea groups is 1. The number of rotatable bonds is 6. The number of carbonyl (C=O) groups is 2. The zero-order valence-corrected chi connectivity index (χ0v) is 14.3. The summed E-state index contributed by atoms with van der Waals surface area (Å²) in [6.45, 7) is 3.59. The SMILES string of the molecule is C#CCOc1c(OC)cccc1C1NC(=O)NC(C)=C1C(=O)OCC. The van der Waals surface area contributed by atoms with Crippen molar-refractivity contribution in [3.8, 4) is 23.8 Å². The van der Waals surface area contributed by atoms with Crippen LogP contribution in [0.15, 0.2) is 29.5 Å². The molecular weight excluding hydrogens is 324 g/mol. The fraction of sp³-hybridized carbons (Fsp3) is 0.333. The molecule has 1 unspecified atom stereocenters. The molecule has 0 saturated heterocycles. The first kappa shape index (κ1) is 18.2. The van der Waals surface area contributed by atoms with Gasteiger partial charge in [0.15, 0.2) is 11.5 Å². The molecule has 2 amide bonds. The van der Waals surface area contributed by atoms with Gasteiger partial charge in [0.2, 0.25) is 0 Å². The van der Waals surface area contributed by atoms with Gasteiger partial charge in [-0.05, 0) is 19.9 Å². The summed E-state index contributed by atoms with van der Waals surface area (Å²) in [5.74, 6) is 2.67. The highest BCUT2D eigenvalue weighted by Crippen LogP contribution is 2.39. The molecule has 7 nitrogen and oxygen atoms in total. The third kappa shape index (κ3) is 3.86. The number of ether oxygens (including phenoxy) is 3. The predicted molar refractivity (Wildman–Crippen MR) is 91.1 cm³/mol. The molecule has 2 N–H and O–H groups in total. The van der Waals surface area contributed by atoms with Crippen molar-refractivity contribution in [3.05, 3.63) is 35.0 Å². The van der Waals surface area contributed by atoms with E-state index in [0.29, 0.717) is 28.3 Å². The Bertz CT molecular complexity index is 748. The molecule has 1 atom stereocenters. The van der Waals surface area contributed by atoms with Gasteiger partial charge in [-0.3, -0.25) is 0 Å². The van der Waals surface area contributed by atoms with Crippen LogP contribution in [-0.4, -0.2) is 32.3 Å². The van der Waals surface area contributed by atoms with Crippen molar-refractivity contribution in [2.45, 2.75) is 19.9 Å². The van der Waals surface area contributed by atoms with Gasteiger partial charge >= 0.3 is 12.0 Å². The second-order valence-electron chi connectivity index (χ2n) is 5.16. The number of amides is 2. The maximum Gasteiger partial charge on any atom is 0.338 e. The van der Waals surface area contributed by atoms with Crippen molar-refractivity contribution in [2.75, 3.05) is 20.3 Å². The van der Waals surface area contributed by atoms with Gasteiger partial charge in [-0.2, -0.15) is 0 Å². The average Bonchev–Trinajstić information content (AvgIpc) is 2.58. The lowest BCUT2D eigenvalue weighted by molar-refractivity contribution is -0.139. The lowest BCUT2D eigenvalue weighted by Gasteiger charge is -2.29. The number of terminal acetylenes is 1. The highest BCUT2D eigenvalue weighted by Gasteiger charge is 2.34. The highest BCUT2D eigenvalue weighted by atomic mass is 16.5. The first-order valence-electron chi connectivity index (χ1n) is 7.72. The molecule has 0 aromatic heterocycles. The smallest absolute Gasteiger partial charge is 0.338 e. The summed E-state index contributed by atoms with van der Waals surface area (Å²) < 4.78 is 16.1. The van der Waals surface area contributed by atoms with Crippen LogP contribution in [0.3, 0.4) is 0 Å². The Labute approximate surface area is 146 Å². The van der Waals surface area contributed by atoms with E-state index >= 15 is 0 Å². The predicted octanol–water partition coefficient (Wildman–Crippen LogP) is 1.90. The van der Waals surface area contributed by atoms with Crippen LogP contribution in [0.1, 0.15) is 25.5 Å². The number of carbonyl (C=O) groups excluding carboxylic acids is 2. The number of hydrogen-bond acceptors (Lipinski definition) is 5. The van der Waals surface area contributed by atoms with Crippen molar-refractivity contribution in [1.29, 1.82) is 0 Å². The van der Waals surface area contributed by atoms with E-state index in [4.69, 9.17) is 20.6 Å². The van der Waals surface area contributed by atoms with Gasteiger partial charge in [0.25, 0.3) is 0 Å². The van der Waals surface area contributed by atoms with Crippen LogP contribution in [0.2, 0.25) is 0 Å². The van der Waals surface area contributed by atoms with Gasteiger partial charge in [-0.25, -0.2) is 9.59 Å². The van der Waals surface area contributed by atoms with Gasteiger partial charge in [0.05, 0.1) is 25.3 Å². The van der Waals surface area contributed by atoms with Crippen LogP contribution in [-0.2, 0) is 9.53 Å². The van der Waals surface area contributed by atoms with Gasteiger partial charge in [0.1, 0.15) is 6.61 Å². The molecule has 1 aliphatic rings. The zero-order valence-electron chi connectivity index (χ0n) is 14.3. The quantitative estimate of drug-likeness (QED) is 0.608. The Kier molecular flexibility index (Phi) is 5.90. The van der Waals surface area contributed by atoms with Crippen LogP contribution >= 0.6 is 0 Å². The van der Waals surface area contributed by atoms with Crippen molar-refractivity contribution in [3.63, 3.8) is 0 Å². The summed E-state index contributed by atoms with van der Waals surface area (Å²) >= 11 is 0. The van der Waals surface area contributed by atoms with Crippen molar-refractivity contribution in [2.24, 2.45) is 0 Å². The average molecular weight is 344 g/mol. The number of hydrogen-bond donors (Lipinski definition) is 2. The highest BCUT2D eigenvalue weighted by molar-refractivity contribution is 5.95. The van der Waals surface area contributed by atoms with E-state index in [1.54, 1.807) is 32.0 Å². The minimum atomic E-state index is -0.754. The number of allylic oxidation sites excluding steroid dienone is 1. The van der Waals surface area contributed by atoms with Crippen molar-refractivity contribution < 1.29 is 23.8 Å². The molecule has 0 aliphatic carbocycles. The summed E-state index contributed by atoms with van der Waals surface area (Å²) in [7, 11) is 1.50. The maximum absolute atomic E-state index is 12.4. The Morgan fingerprint density at radius 1 is 1.40 bits per heavy atom. The van der Waals surface area contributed by atoms with Crippen molar-refractivity contribution >= 4 is 12.0 Å². The molecule has 0 fully saturated rings. The summed E-state index contributed by atoms with van der Waals surface area (Å²) in [6.07, 6.45) is 5.28.